The lowest BCUT2D eigenvalue weighted by molar-refractivity contribution is 0.0995. The van der Waals surface area contributed by atoms with Gasteiger partial charge in [-0.1, -0.05) is 19.9 Å². The largest absolute Gasteiger partial charge is 0.364 e. The minimum Gasteiger partial charge on any atom is -0.364 e. The summed E-state index contributed by atoms with van der Waals surface area (Å²) in [5.74, 6) is 0.0597. The third-order valence-electron chi connectivity index (χ3n) is 2.26. The van der Waals surface area contributed by atoms with Crippen molar-refractivity contribution in [2.24, 2.45) is 11.7 Å². The van der Waals surface area contributed by atoms with Crippen LogP contribution in [0.1, 0.15) is 29.2 Å². The summed E-state index contributed by atoms with van der Waals surface area (Å²) in [4.78, 5) is 17.8. The highest BCUT2D eigenvalue weighted by molar-refractivity contribution is 7.21. The molecule has 3 nitrogen and oxygen atoms in total. The van der Waals surface area contributed by atoms with Crippen molar-refractivity contribution in [2.45, 2.75) is 20.3 Å². The van der Waals surface area contributed by atoms with Gasteiger partial charge in [0.25, 0.3) is 5.91 Å². The van der Waals surface area contributed by atoms with E-state index in [1.54, 1.807) is 22.7 Å². The first-order valence-electron chi connectivity index (χ1n) is 5.41. The zero-order valence-electron chi connectivity index (χ0n) is 9.77. The Morgan fingerprint density at radius 3 is 2.82 bits per heavy atom. The van der Waals surface area contributed by atoms with Gasteiger partial charge in [0.05, 0.1) is 4.88 Å². The van der Waals surface area contributed by atoms with Gasteiger partial charge in [-0.3, -0.25) is 4.79 Å². The molecule has 1 amide bonds. The van der Waals surface area contributed by atoms with Gasteiger partial charge in [-0.2, -0.15) is 0 Å². The van der Waals surface area contributed by atoms with Crippen molar-refractivity contribution in [2.75, 3.05) is 0 Å². The number of primary amides is 1. The summed E-state index contributed by atoms with van der Waals surface area (Å²) >= 11 is 3.20. The van der Waals surface area contributed by atoms with Crippen molar-refractivity contribution in [3.05, 3.63) is 28.1 Å². The quantitative estimate of drug-likeness (QED) is 0.924. The van der Waals surface area contributed by atoms with E-state index in [2.05, 4.69) is 18.8 Å². The third-order valence-corrected chi connectivity index (χ3v) is 4.37. The average molecular weight is 266 g/mol. The number of nitrogens with zero attached hydrogens (tertiary/aromatic N) is 1. The third kappa shape index (κ3) is 2.73. The van der Waals surface area contributed by atoms with Gasteiger partial charge in [0.15, 0.2) is 0 Å². The topological polar surface area (TPSA) is 56.0 Å². The summed E-state index contributed by atoms with van der Waals surface area (Å²) < 4.78 is 0. The van der Waals surface area contributed by atoms with E-state index >= 15 is 0 Å². The molecular weight excluding hydrogens is 252 g/mol. The van der Waals surface area contributed by atoms with Crippen molar-refractivity contribution < 1.29 is 4.79 Å². The summed E-state index contributed by atoms with van der Waals surface area (Å²) in [6, 6.07) is 3.99. The van der Waals surface area contributed by atoms with Crippen LogP contribution in [-0.4, -0.2) is 10.9 Å². The number of nitrogens with two attached hydrogens (primary N) is 1. The molecule has 0 bridgehead atoms. The predicted molar refractivity (Wildman–Crippen MR) is 72.5 cm³/mol. The molecule has 5 heteroatoms. The lowest BCUT2D eigenvalue weighted by atomic mass is 10.1. The van der Waals surface area contributed by atoms with Crippen LogP contribution in [-0.2, 0) is 6.42 Å². The zero-order valence-corrected chi connectivity index (χ0v) is 11.4. The number of hydrogen-bond donors (Lipinski definition) is 1. The monoisotopic (exact) mass is 266 g/mol. The van der Waals surface area contributed by atoms with E-state index in [1.165, 1.54) is 0 Å². The SMILES string of the molecule is CC(C)Cc1sc(-c2cccs2)nc1C(N)=O. The lowest BCUT2D eigenvalue weighted by Gasteiger charge is -2.01. The Bertz CT molecular complexity index is 515. The molecule has 0 aliphatic carbocycles. The molecule has 90 valence electrons. The fourth-order valence-electron chi connectivity index (χ4n) is 1.56. The highest BCUT2D eigenvalue weighted by atomic mass is 32.1. The van der Waals surface area contributed by atoms with Crippen LogP contribution in [0.15, 0.2) is 17.5 Å². The molecule has 0 spiro atoms. The summed E-state index contributed by atoms with van der Waals surface area (Å²) in [5, 5.41) is 2.90. The maximum atomic E-state index is 11.4. The van der Waals surface area contributed by atoms with Gasteiger partial charge in [-0.15, -0.1) is 22.7 Å². The van der Waals surface area contributed by atoms with Crippen molar-refractivity contribution in [1.82, 2.24) is 4.98 Å². The van der Waals surface area contributed by atoms with Gasteiger partial charge in [-0.05, 0) is 23.8 Å². The summed E-state index contributed by atoms with van der Waals surface area (Å²) in [6.45, 7) is 4.24. The minimum absolute atomic E-state index is 0.431. The predicted octanol–water partition coefficient (Wildman–Crippen LogP) is 3.17. The zero-order chi connectivity index (χ0) is 12.4. The Kier molecular flexibility index (Phi) is 3.59. The van der Waals surface area contributed by atoms with Crippen LogP contribution in [0.3, 0.4) is 0 Å². The second-order valence-electron chi connectivity index (χ2n) is 4.23. The fraction of sp³-hybridized carbons (Fsp3) is 0.333. The van der Waals surface area contributed by atoms with Gasteiger partial charge < -0.3 is 5.73 Å². The molecule has 2 aromatic rings. The molecule has 0 aromatic carbocycles. The highest BCUT2D eigenvalue weighted by Gasteiger charge is 2.17. The van der Waals surface area contributed by atoms with Gasteiger partial charge in [-0.25, -0.2) is 4.98 Å². The van der Waals surface area contributed by atoms with E-state index in [9.17, 15) is 4.79 Å². The van der Waals surface area contributed by atoms with Gasteiger partial charge in [0.1, 0.15) is 10.7 Å². The maximum absolute atomic E-state index is 11.4. The van der Waals surface area contributed by atoms with Crippen LogP contribution in [0.4, 0.5) is 0 Å². The number of amides is 1. The van der Waals surface area contributed by atoms with Crippen LogP contribution in [0.2, 0.25) is 0 Å². The van der Waals surface area contributed by atoms with E-state index in [1.807, 2.05) is 17.5 Å². The smallest absolute Gasteiger partial charge is 0.268 e. The highest BCUT2D eigenvalue weighted by Crippen LogP contribution is 2.32. The number of carbonyl (C=O) groups is 1. The molecule has 2 N–H and O–H groups in total. The van der Waals surface area contributed by atoms with Crippen molar-refractivity contribution in [3.8, 4) is 9.88 Å². The fourth-order valence-corrected chi connectivity index (χ4v) is 3.63. The first-order valence-corrected chi connectivity index (χ1v) is 7.11. The summed E-state index contributed by atoms with van der Waals surface area (Å²) in [7, 11) is 0. The molecule has 2 rings (SSSR count). The molecule has 0 aliphatic rings. The van der Waals surface area contributed by atoms with E-state index in [0.29, 0.717) is 11.6 Å². The maximum Gasteiger partial charge on any atom is 0.268 e. The second kappa shape index (κ2) is 4.98. The Balaban J connectivity index is 2.41. The molecule has 0 unspecified atom stereocenters. The van der Waals surface area contributed by atoms with E-state index in [0.717, 1.165) is 21.2 Å². The van der Waals surface area contributed by atoms with Crippen LogP contribution in [0.5, 0.6) is 0 Å². The molecule has 0 aliphatic heterocycles. The molecule has 2 heterocycles. The van der Waals surface area contributed by atoms with Crippen LogP contribution in [0, 0.1) is 5.92 Å². The van der Waals surface area contributed by atoms with Crippen molar-refractivity contribution in [3.63, 3.8) is 0 Å². The normalized spacial score (nSPS) is 11.0. The molecule has 17 heavy (non-hydrogen) atoms. The van der Waals surface area contributed by atoms with E-state index < -0.39 is 5.91 Å². The number of carbonyl (C=O) groups excluding carboxylic acids is 1. The molecule has 0 atom stereocenters. The van der Waals surface area contributed by atoms with E-state index in [4.69, 9.17) is 5.73 Å². The number of aromatic nitrogens is 1. The van der Waals surface area contributed by atoms with Crippen LogP contribution >= 0.6 is 22.7 Å². The number of thiazole rings is 1. The minimum atomic E-state index is -0.431. The second-order valence-corrected chi connectivity index (χ2v) is 6.26. The molecule has 2 aromatic heterocycles. The molecule has 0 saturated heterocycles. The average Bonchev–Trinajstić information content (AvgIpc) is 2.82. The van der Waals surface area contributed by atoms with Gasteiger partial charge in [0.2, 0.25) is 0 Å². The van der Waals surface area contributed by atoms with E-state index in [-0.39, 0.29) is 0 Å². The molecule has 0 radical (unpaired) electrons. The molecule has 0 fully saturated rings. The number of rotatable bonds is 4. The van der Waals surface area contributed by atoms with Crippen LogP contribution in [0.25, 0.3) is 9.88 Å². The summed E-state index contributed by atoms with van der Waals surface area (Å²) in [5.41, 5.74) is 5.80. The number of thiophene rings is 1. The lowest BCUT2D eigenvalue weighted by Crippen LogP contribution is -2.14. The standard InChI is InChI=1S/C12H14N2OS2/c1-7(2)6-9-10(11(13)15)14-12(17-9)8-4-3-5-16-8/h3-5,7H,6H2,1-2H3,(H2,13,15). The first kappa shape index (κ1) is 12.3. The van der Waals surface area contributed by atoms with Crippen LogP contribution < -0.4 is 5.73 Å². The molecule has 0 saturated carbocycles. The van der Waals surface area contributed by atoms with Crippen molar-refractivity contribution >= 4 is 28.6 Å². The Morgan fingerprint density at radius 1 is 1.53 bits per heavy atom. The Morgan fingerprint density at radius 2 is 2.29 bits per heavy atom. The number of hydrogen-bond acceptors (Lipinski definition) is 4. The van der Waals surface area contributed by atoms with Gasteiger partial charge in [0, 0.05) is 4.88 Å². The Hall–Kier alpha value is -1.20. The van der Waals surface area contributed by atoms with Crippen molar-refractivity contribution in [1.29, 1.82) is 0 Å². The summed E-state index contributed by atoms with van der Waals surface area (Å²) in [6.07, 6.45) is 0.849. The first-order chi connectivity index (χ1) is 8.08. The molecular formula is C12H14N2OS2. The Labute approximate surface area is 108 Å². The van der Waals surface area contributed by atoms with Gasteiger partial charge >= 0.3 is 0 Å².